The lowest BCUT2D eigenvalue weighted by molar-refractivity contribution is 0.0592. The first kappa shape index (κ1) is 14.8. The molecule has 1 aliphatic carbocycles. The van der Waals surface area contributed by atoms with E-state index in [4.69, 9.17) is 0 Å². The predicted molar refractivity (Wildman–Crippen MR) is 85.0 cm³/mol. The van der Waals surface area contributed by atoms with Gasteiger partial charge in [0.25, 0.3) is 11.8 Å². The minimum Gasteiger partial charge on any atom is -0.311 e. The number of piperidine rings is 1. The Morgan fingerprint density at radius 2 is 1.76 bits per heavy atom. The molecule has 1 N–H and O–H groups in total. The Bertz CT molecular complexity index is 638. The zero-order chi connectivity index (χ0) is 13.9. The van der Waals surface area contributed by atoms with Gasteiger partial charge in [-0.2, -0.15) is 0 Å². The van der Waals surface area contributed by atoms with E-state index in [0.717, 1.165) is 23.9 Å². The highest BCUT2D eigenvalue weighted by Crippen LogP contribution is 2.41. The number of halogens is 2. The lowest BCUT2D eigenvalue weighted by atomic mass is 10.0. The molecule has 0 aromatic heterocycles. The molecule has 1 fully saturated rings. The Balaban J connectivity index is 0.00000132. The van der Waals surface area contributed by atoms with Gasteiger partial charge in [-0.25, -0.2) is 0 Å². The summed E-state index contributed by atoms with van der Waals surface area (Å²) in [6.45, 7) is 0.911. The average Bonchev–Trinajstić information content (AvgIpc) is 2.85. The third kappa shape index (κ3) is 1.99. The monoisotopic (exact) mass is 368 g/mol. The van der Waals surface area contributed by atoms with E-state index in [9.17, 15) is 9.59 Å². The van der Waals surface area contributed by atoms with E-state index in [0.29, 0.717) is 11.1 Å². The molecule has 0 saturated carbocycles. The molecule has 2 heterocycles. The van der Waals surface area contributed by atoms with Crippen LogP contribution in [0.1, 0.15) is 33.6 Å². The van der Waals surface area contributed by atoms with Crippen LogP contribution in [-0.2, 0) is 0 Å². The molecule has 0 radical (unpaired) electrons. The number of amides is 2. The molecule has 110 valence electrons. The molecule has 2 amide bonds. The van der Waals surface area contributed by atoms with Crippen molar-refractivity contribution >= 4 is 40.2 Å². The number of carbonyl (C=O) groups excluding carboxylic acids is 2. The molecule has 1 saturated heterocycles. The summed E-state index contributed by atoms with van der Waals surface area (Å²) in [5.74, 6) is -0.356. The molecule has 3 aliphatic rings. The van der Waals surface area contributed by atoms with E-state index >= 15 is 0 Å². The maximum absolute atomic E-state index is 12.6. The largest absolute Gasteiger partial charge is 0.311 e. The van der Waals surface area contributed by atoms with Gasteiger partial charge < -0.3 is 5.32 Å². The fourth-order valence-corrected chi connectivity index (χ4v) is 4.31. The molecule has 4 rings (SSSR count). The zero-order valence-corrected chi connectivity index (χ0v) is 13.5. The van der Waals surface area contributed by atoms with Crippen molar-refractivity contribution in [3.8, 4) is 0 Å². The molecule has 1 aromatic carbocycles. The van der Waals surface area contributed by atoms with Gasteiger partial charge in [-0.05, 0) is 31.5 Å². The molecule has 2 aliphatic heterocycles. The highest BCUT2D eigenvalue weighted by atomic mass is 79.9. The van der Waals surface area contributed by atoms with E-state index < -0.39 is 0 Å². The minimum atomic E-state index is -0.195. The first-order valence-corrected chi connectivity index (χ1v) is 7.55. The number of fused-ring (bicyclic) bond motifs is 3. The lowest BCUT2D eigenvalue weighted by Crippen LogP contribution is -2.50. The molecule has 21 heavy (non-hydrogen) atoms. The Labute approximate surface area is 137 Å². The molecular formula is C15H14BrClN2O2. The summed E-state index contributed by atoms with van der Waals surface area (Å²) in [4.78, 5) is 26.5. The van der Waals surface area contributed by atoms with Crippen LogP contribution in [0.4, 0.5) is 0 Å². The van der Waals surface area contributed by atoms with E-state index in [1.807, 2.05) is 0 Å². The van der Waals surface area contributed by atoms with Gasteiger partial charge in [0, 0.05) is 10.5 Å². The van der Waals surface area contributed by atoms with Gasteiger partial charge >= 0.3 is 0 Å². The summed E-state index contributed by atoms with van der Waals surface area (Å²) in [5.41, 5.74) is 2.36. The normalized spacial score (nSPS) is 27.0. The van der Waals surface area contributed by atoms with Crippen molar-refractivity contribution in [2.75, 3.05) is 6.54 Å². The van der Waals surface area contributed by atoms with E-state index in [1.54, 1.807) is 24.3 Å². The van der Waals surface area contributed by atoms with Crippen LogP contribution < -0.4 is 5.32 Å². The van der Waals surface area contributed by atoms with Gasteiger partial charge in [0.2, 0.25) is 0 Å². The van der Waals surface area contributed by atoms with Crippen molar-refractivity contribution in [1.29, 1.82) is 0 Å². The Kier molecular flexibility index (Phi) is 3.67. The van der Waals surface area contributed by atoms with Crippen LogP contribution in [0.3, 0.4) is 0 Å². The van der Waals surface area contributed by atoms with Gasteiger partial charge in [-0.3, -0.25) is 14.5 Å². The molecule has 4 nitrogen and oxygen atoms in total. The number of nitrogens with one attached hydrogen (secondary N) is 1. The van der Waals surface area contributed by atoms with Crippen molar-refractivity contribution in [1.82, 2.24) is 10.2 Å². The molecule has 6 heteroatoms. The maximum Gasteiger partial charge on any atom is 0.262 e. The second-order valence-corrected chi connectivity index (χ2v) is 6.29. The Morgan fingerprint density at radius 1 is 1.14 bits per heavy atom. The first-order valence-electron chi connectivity index (χ1n) is 6.76. The van der Waals surface area contributed by atoms with Crippen LogP contribution in [-0.4, -0.2) is 35.3 Å². The molecule has 1 aromatic rings. The van der Waals surface area contributed by atoms with Crippen molar-refractivity contribution in [2.24, 2.45) is 0 Å². The summed E-state index contributed by atoms with van der Waals surface area (Å²) in [7, 11) is 0. The van der Waals surface area contributed by atoms with Crippen LogP contribution in [0.15, 0.2) is 34.3 Å². The standard InChI is InChI=1S/C15H13BrN2O2.ClH/c16-12-8-5-6-17-11(7-8)13(12)18-14(19)9-3-1-2-4-10(9)15(18)20;/h1-4,11,13,17H,5-7H2;1H. The van der Waals surface area contributed by atoms with E-state index in [1.165, 1.54) is 10.5 Å². The number of imide groups is 1. The number of benzene rings is 1. The van der Waals surface area contributed by atoms with Crippen LogP contribution in [0.5, 0.6) is 0 Å². The van der Waals surface area contributed by atoms with E-state index in [2.05, 4.69) is 21.2 Å². The maximum atomic E-state index is 12.6. The predicted octanol–water partition coefficient (Wildman–Crippen LogP) is 2.49. The van der Waals surface area contributed by atoms with Gasteiger partial charge in [-0.1, -0.05) is 33.6 Å². The zero-order valence-electron chi connectivity index (χ0n) is 11.1. The summed E-state index contributed by atoms with van der Waals surface area (Å²) < 4.78 is 1.02. The summed E-state index contributed by atoms with van der Waals surface area (Å²) in [6.07, 6.45) is 1.90. The quantitative estimate of drug-likeness (QED) is 0.774. The number of carbonyl (C=O) groups is 2. The first-order chi connectivity index (χ1) is 9.68. The van der Waals surface area contributed by atoms with E-state index in [-0.39, 0.29) is 36.3 Å². The highest BCUT2D eigenvalue weighted by Gasteiger charge is 2.47. The Morgan fingerprint density at radius 3 is 2.33 bits per heavy atom. The number of hydrogen-bond acceptors (Lipinski definition) is 3. The van der Waals surface area contributed by atoms with Crippen LogP contribution in [0, 0.1) is 0 Å². The van der Waals surface area contributed by atoms with Crippen LogP contribution in [0.2, 0.25) is 0 Å². The lowest BCUT2D eigenvalue weighted by Gasteiger charge is -2.29. The topological polar surface area (TPSA) is 49.4 Å². The SMILES string of the molecule is Cl.O=C1c2ccccc2C(=O)N1C1C(Br)=C2CCNC1C2. The Hall–Kier alpha value is -1.17. The van der Waals surface area contributed by atoms with Crippen molar-refractivity contribution < 1.29 is 9.59 Å². The second-order valence-electron chi connectivity index (χ2n) is 5.44. The number of nitrogens with zero attached hydrogens (tertiary/aromatic N) is 1. The fraction of sp³-hybridized carbons (Fsp3) is 0.333. The third-order valence-electron chi connectivity index (χ3n) is 4.38. The summed E-state index contributed by atoms with van der Waals surface area (Å²) in [5, 5.41) is 3.42. The van der Waals surface area contributed by atoms with Crippen LogP contribution in [0.25, 0.3) is 0 Å². The van der Waals surface area contributed by atoms with Gasteiger partial charge in [-0.15, -0.1) is 12.4 Å². The fourth-order valence-electron chi connectivity index (χ4n) is 3.43. The number of hydrogen-bond donors (Lipinski definition) is 1. The molecular weight excluding hydrogens is 356 g/mol. The summed E-state index contributed by atoms with van der Waals surface area (Å²) >= 11 is 3.62. The van der Waals surface area contributed by atoms with Crippen molar-refractivity contribution in [3.05, 3.63) is 45.4 Å². The molecule has 2 unspecified atom stereocenters. The smallest absolute Gasteiger partial charge is 0.262 e. The van der Waals surface area contributed by atoms with Crippen molar-refractivity contribution in [3.63, 3.8) is 0 Å². The van der Waals surface area contributed by atoms with Crippen molar-refractivity contribution in [2.45, 2.75) is 24.9 Å². The van der Waals surface area contributed by atoms with Gasteiger partial charge in [0.1, 0.15) is 0 Å². The highest BCUT2D eigenvalue weighted by molar-refractivity contribution is 9.11. The minimum absolute atomic E-state index is 0. The average molecular weight is 370 g/mol. The second kappa shape index (κ2) is 5.23. The third-order valence-corrected chi connectivity index (χ3v) is 5.41. The van der Waals surface area contributed by atoms with Gasteiger partial charge in [0.05, 0.1) is 17.2 Å². The molecule has 0 spiro atoms. The number of rotatable bonds is 1. The molecule has 2 atom stereocenters. The molecule has 2 bridgehead atoms. The van der Waals surface area contributed by atoms with Gasteiger partial charge in [0.15, 0.2) is 0 Å². The van der Waals surface area contributed by atoms with Crippen LogP contribution >= 0.6 is 28.3 Å². The summed E-state index contributed by atoms with van der Waals surface area (Å²) in [6, 6.07) is 7.00.